The largest absolute Gasteiger partial charge is 0.462 e. The first kappa shape index (κ1) is 66.0. The maximum absolute atomic E-state index is 12.7. The van der Waals surface area contributed by atoms with Crippen molar-refractivity contribution in [3.05, 3.63) is 158 Å². The molecule has 0 fully saturated rings. The van der Waals surface area contributed by atoms with Gasteiger partial charge in [-0.15, -0.1) is 0 Å². The molecule has 0 aromatic heterocycles. The highest BCUT2D eigenvalue weighted by Crippen LogP contribution is 2.12. The number of hydrogen-bond acceptors (Lipinski definition) is 6. The first-order valence-corrected chi connectivity index (χ1v) is 28.0. The second-order valence-corrected chi connectivity index (χ2v) is 17.7. The fourth-order valence-electron chi connectivity index (χ4n) is 6.92. The Morgan fingerprint density at radius 3 is 0.915 bits per heavy atom. The summed E-state index contributed by atoms with van der Waals surface area (Å²) in [6.07, 6.45) is 84.3. The van der Waals surface area contributed by atoms with Crippen molar-refractivity contribution >= 4 is 17.9 Å². The van der Waals surface area contributed by atoms with Crippen LogP contribution in [-0.4, -0.2) is 37.2 Å². The van der Waals surface area contributed by atoms with E-state index in [4.69, 9.17) is 14.2 Å². The summed E-state index contributed by atoms with van der Waals surface area (Å²) in [6, 6.07) is 0. The van der Waals surface area contributed by atoms with Gasteiger partial charge in [-0.25, -0.2) is 0 Å². The zero-order valence-corrected chi connectivity index (χ0v) is 45.2. The molecule has 0 aromatic rings. The topological polar surface area (TPSA) is 78.9 Å². The van der Waals surface area contributed by atoms with Gasteiger partial charge in [-0.05, 0) is 116 Å². The van der Waals surface area contributed by atoms with Gasteiger partial charge >= 0.3 is 17.9 Å². The Hall–Kier alpha value is -4.97. The second-order valence-electron chi connectivity index (χ2n) is 17.7. The predicted molar refractivity (Wildman–Crippen MR) is 306 cm³/mol. The summed E-state index contributed by atoms with van der Waals surface area (Å²) in [5, 5.41) is 0. The van der Waals surface area contributed by atoms with Crippen LogP contribution in [0.15, 0.2) is 158 Å². The van der Waals surface area contributed by atoms with Crippen LogP contribution in [0.1, 0.15) is 213 Å². The molecule has 0 rings (SSSR count). The van der Waals surface area contributed by atoms with E-state index in [2.05, 4.69) is 167 Å². The smallest absolute Gasteiger partial charge is 0.306 e. The minimum absolute atomic E-state index is 0.119. The van der Waals surface area contributed by atoms with Gasteiger partial charge in [0.15, 0.2) is 6.10 Å². The lowest BCUT2D eigenvalue weighted by Gasteiger charge is -2.18. The Bertz CT molecular complexity index is 1640. The van der Waals surface area contributed by atoms with Crippen molar-refractivity contribution in [2.75, 3.05) is 13.2 Å². The molecule has 0 saturated carbocycles. The second kappa shape index (κ2) is 57.6. The van der Waals surface area contributed by atoms with Crippen LogP contribution >= 0.6 is 0 Å². The van der Waals surface area contributed by atoms with E-state index >= 15 is 0 Å². The molecule has 1 atom stereocenters. The van der Waals surface area contributed by atoms with Gasteiger partial charge in [0.2, 0.25) is 0 Å². The summed E-state index contributed by atoms with van der Waals surface area (Å²) in [7, 11) is 0. The fourth-order valence-corrected chi connectivity index (χ4v) is 6.92. The van der Waals surface area contributed by atoms with Crippen molar-refractivity contribution in [3.63, 3.8) is 0 Å². The molecule has 0 heterocycles. The maximum Gasteiger partial charge on any atom is 0.306 e. The van der Waals surface area contributed by atoms with Gasteiger partial charge in [0.1, 0.15) is 13.2 Å². The molecule has 0 bridgehead atoms. The minimum Gasteiger partial charge on any atom is -0.462 e. The Kier molecular flexibility index (Phi) is 53.6. The molecule has 6 heteroatoms. The van der Waals surface area contributed by atoms with Crippen LogP contribution in [0, 0.1) is 0 Å². The molecule has 0 aliphatic carbocycles. The third-order valence-electron chi connectivity index (χ3n) is 11.0. The van der Waals surface area contributed by atoms with Gasteiger partial charge in [0, 0.05) is 19.3 Å². The Labute approximate surface area is 435 Å². The van der Waals surface area contributed by atoms with Crippen molar-refractivity contribution in [2.45, 2.75) is 219 Å². The number of carbonyl (C=O) groups excluding carboxylic acids is 3. The van der Waals surface area contributed by atoms with Crippen molar-refractivity contribution in [2.24, 2.45) is 0 Å². The monoisotopic (exact) mass is 977 g/mol. The lowest BCUT2D eigenvalue weighted by molar-refractivity contribution is -0.166. The Balaban J connectivity index is 4.25. The van der Waals surface area contributed by atoms with Crippen molar-refractivity contribution in [1.82, 2.24) is 0 Å². The van der Waals surface area contributed by atoms with E-state index in [0.717, 1.165) is 148 Å². The third kappa shape index (κ3) is 55.8. The van der Waals surface area contributed by atoms with Crippen LogP contribution in [0.25, 0.3) is 0 Å². The van der Waals surface area contributed by atoms with E-state index in [1.165, 1.54) is 19.3 Å². The summed E-state index contributed by atoms with van der Waals surface area (Å²) in [5.41, 5.74) is 0. The molecular weight excluding hydrogens is 877 g/mol. The van der Waals surface area contributed by atoms with Gasteiger partial charge in [-0.3, -0.25) is 14.4 Å². The lowest BCUT2D eigenvalue weighted by Crippen LogP contribution is -2.30. The number of allylic oxidation sites excluding steroid dienone is 26. The van der Waals surface area contributed by atoms with Crippen molar-refractivity contribution in [1.29, 1.82) is 0 Å². The van der Waals surface area contributed by atoms with Crippen molar-refractivity contribution < 1.29 is 28.6 Å². The summed E-state index contributed by atoms with van der Waals surface area (Å²) < 4.78 is 16.6. The third-order valence-corrected chi connectivity index (χ3v) is 11.0. The standard InChI is InChI=1S/C65H100O6/c1-4-7-10-13-15-17-19-21-23-25-27-28-29-30-31-32-33-34-35-36-38-39-41-43-45-47-49-52-55-58-64(67)70-61-62(60-69-63(66)57-54-51-12-9-6-3)71-65(68)59-56-53-50-48-46-44-42-40-37-26-24-22-20-18-16-14-11-8-5-2/h7-8,10-11,15-18,21-24,27-28,30-31,33-34,36-38,40,44,46,50,53,62H,4-6,9,12-14,19-20,25-26,29,32,35,39,41-43,45,47-49,51-52,54-61H2,1-3H3/b10-7-,11-8-,17-15-,18-16-,23-21-,24-22-,28-27-,31-30-,34-33-,38-36-,40-37-,46-44-,53-50-. The highest BCUT2D eigenvalue weighted by atomic mass is 16.6. The van der Waals surface area contributed by atoms with Crippen LogP contribution in [0.3, 0.4) is 0 Å². The fraction of sp³-hybridized carbons (Fsp3) is 0.554. The summed E-state index contributed by atoms with van der Waals surface area (Å²) in [6.45, 7) is 6.23. The van der Waals surface area contributed by atoms with Gasteiger partial charge in [0.05, 0.1) is 0 Å². The Morgan fingerprint density at radius 1 is 0.296 bits per heavy atom. The van der Waals surface area contributed by atoms with E-state index in [-0.39, 0.29) is 31.6 Å². The van der Waals surface area contributed by atoms with Gasteiger partial charge < -0.3 is 14.2 Å². The number of ether oxygens (including phenoxy) is 3. The molecule has 0 N–H and O–H groups in total. The molecule has 396 valence electrons. The number of carbonyl (C=O) groups is 3. The molecule has 0 aliphatic heterocycles. The first-order valence-electron chi connectivity index (χ1n) is 28.0. The van der Waals surface area contributed by atoms with E-state index < -0.39 is 12.1 Å². The highest BCUT2D eigenvalue weighted by Gasteiger charge is 2.19. The van der Waals surface area contributed by atoms with Crippen LogP contribution in [0.4, 0.5) is 0 Å². The number of esters is 3. The average Bonchev–Trinajstić information content (AvgIpc) is 3.37. The highest BCUT2D eigenvalue weighted by molar-refractivity contribution is 5.71. The zero-order chi connectivity index (χ0) is 51.4. The first-order chi connectivity index (χ1) is 35.0. The summed E-state index contributed by atoms with van der Waals surface area (Å²) in [5.74, 6) is -1.04. The average molecular weight is 978 g/mol. The van der Waals surface area contributed by atoms with Crippen LogP contribution in [-0.2, 0) is 28.6 Å². The van der Waals surface area contributed by atoms with E-state index in [1.807, 2.05) is 12.2 Å². The van der Waals surface area contributed by atoms with Gasteiger partial charge in [-0.1, -0.05) is 237 Å². The quantitative estimate of drug-likeness (QED) is 0.0262. The number of unbranched alkanes of at least 4 members (excludes halogenated alkanes) is 11. The van der Waals surface area contributed by atoms with Crippen LogP contribution in [0.5, 0.6) is 0 Å². The number of rotatable bonds is 48. The van der Waals surface area contributed by atoms with Gasteiger partial charge in [0.25, 0.3) is 0 Å². The van der Waals surface area contributed by atoms with Crippen LogP contribution < -0.4 is 0 Å². The van der Waals surface area contributed by atoms with E-state index in [0.29, 0.717) is 19.3 Å². The minimum atomic E-state index is -0.827. The zero-order valence-electron chi connectivity index (χ0n) is 45.2. The van der Waals surface area contributed by atoms with E-state index in [9.17, 15) is 14.4 Å². The van der Waals surface area contributed by atoms with E-state index in [1.54, 1.807) is 0 Å². The summed E-state index contributed by atoms with van der Waals surface area (Å²) >= 11 is 0. The normalized spacial score (nSPS) is 13.3. The van der Waals surface area contributed by atoms with Gasteiger partial charge in [-0.2, -0.15) is 0 Å². The summed E-state index contributed by atoms with van der Waals surface area (Å²) in [4.78, 5) is 37.7. The van der Waals surface area contributed by atoms with Crippen molar-refractivity contribution in [3.8, 4) is 0 Å². The maximum atomic E-state index is 12.7. The molecule has 0 radical (unpaired) electrons. The lowest BCUT2D eigenvalue weighted by atomic mass is 10.1. The Morgan fingerprint density at radius 2 is 0.577 bits per heavy atom. The molecular formula is C65H100O6. The number of hydrogen-bond donors (Lipinski definition) is 0. The molecule has 71 heavy (non-hydrogen) atoms. The molecule has 0 aliphatic rings. The van der Waals surface area contributed by atoms with Crippen LogP contribution in [0.2, 0.25) is 0 Å². The molecule has 0 saturated heterocycles. The SMILES string of the molecule is CC/C=C\C/C=C\C/C=C\C/C=C\C/C=C\C/C=C\C/C=C\CCCCCCCCCC(=O)OCC(COC(=O)CCCCCCC)OC(=O)CC/C=C\C/C=C\C/C=C\C/C=C\C/C=C\C/C=C\CC. The molecule has 6 nitrogen and oxygen atoms in total. The molecule has 0 amide bonds. The predicted octanol–water partition coefficient (Wildman–Crippen LogP) is 19.0. The molecule has 0 aromatic carbocycles. The molecule has 1 unspecified atom stereocenters. The molecule has 0 spiro atoms.